The van der Waals surface area contributed by atoms with Gasteiger partial charge in [-0.2, -0.15) is 0 Å². The van der Waals surface area contributed by atoms with Crippen LogP contribution < -0.4 is 10.9 Å². The topological polar surface area (TPSA) is 101 Å². The quantitative estimate of drug-likeness (QED) is 0.663. The molecule has 1 amide bonds. The van der Waals surface area contributed by atoms with Gasteiger partial charge in [-0.05, 0) is 12.5 Å². The molecule has 8 heteroatoms. The lowest BCUT2D eigenvalue weighted by Crippen LogP contribution is -2.36. The molecule has 2 aromatic heterocycles. The van der Waals surface area contributed by atoms with Gasteiger partial charge in [0.25, 0.3) is 5.56 Å². The molecule has 1 aromatic carbocycles. The molecule has 0 aliphatic carbocycles. The van der Waals surface area contributed by atoms with Gasteiger partial charge in [-0.3, -0.25) is 14.2 Å². The molecule has 7 nitrogen and oxygen atoms in total. The molecule has 1 atom stereocenters. The van der Waals surface area contributed by atoms with Crippen molar-refractivity contribution in [1.82, 2.24) is 14.9 Å². The summed E-state index contributed by atoms with van der Waals surface area (Å²) in [4.78, 5) is 41.9. The highest BCUT2D eigenvalue weighted by molar-refractivity contribution is 7.17. The van der Waals surface area contributed by atoms with Crippen LogP contribution in [0.25, 0.3) is 10.2 Å². The highest BCUT2D eigenvalue weighted by Crippen LogP contribution is 2.24. The van der Waals surface area contributed by atoms with E-state index in [0.29, 0.717) is 10.7 Å². The van der Waals surface area contributed by atoms with Crippen LogP contribution in [0, 0.1) is 0 Å². The van der Waals surface area contributed by atoms with Crippen LogP contribution in [0.2, 0.25) is 0 Å². The molecule has 2 heterocycles. The molecule has 0 aliphatic rings. The van der Waals surface area contributed by atoms with Gasteiger partial charge in [-0.25, -0.2) is 9.78 Å². The normalized spacial score (nSPS) is 12.3. The van der Waals surface area contributed by atoms with Gasteiger partial charge in [-0.15, -0.1) is 11.3 Å². The Morgan fingerprint density at radius 2 is 1.89 bits per heavy atom. The standard InChI is InChI=1S/C20H21N3O4S/c1-11(2)17-22-18-16(14(10-28-18)20(26)27)19(25)23(17)9-15(24)21-12(3)13-7-5-4-6-8-13/h4-8,10-12H,9H2,1-3H3,(H,21,24)(H,26,27). The van der Waals surface area contributed by atoms with E-state index in [9.17, 15) is 19.5 Å². The maximum atomic E-state index is 13.0. The molecule has 0 radical (unpaired) electrons. The molecular formula is C20H21N3O4S. The highest BCUT2D eigenvalue weighted by Gasteiger charge is 2.22. The van der Waals surface area contributed by atoms with Crippen molar-refractivity contribution in [2.75, 3.05) is 0 Å². The van der Waals surface area contributed by atoms with Crippen LogP contribution in [0.3, 0.4) is 0 Å². The molecule has 146 valence electrons. The second-order valence-corrected chi connectivity index (χ2v) is 7.71. The Balaban J connectivity index is 1.97. The van der Waals surface area contributed by atoms with Crippen molar-refractivity contribution in [2.45, 2.75) is 39.3 Å². The third-order valence-corrected chi connectivity index (χ3v) is 5.32. The number of fused-ring (bicyclic) bond motifs is 1. The van der Waals surface area contributed by atoms with Crippen LogP contribution in [0.1, 0.15) is 54.5 Å². The van der Waals surface area contributed by atoms with E-state index in [2.05, 4.69) is 10.3 Å². The minimum absolute atomic E-state index is 0.0470. The van der Waals surface area contributed by atoms with Gasteiger partial charge in [0.15, 0.2) is 0 Å². The highest BCUT2D eigenvalue weighted by atomic mass is 32.1. The lowest BCUT2D eigenvalue weighted by atomic mass is 10.1. The van der Waals surface area contributed by atoms with Crippen LogP contribution in [-0.2, 0) is 11.3 Å². The number of benzene rings is 1. The molecule has 0 fully saturated rings. The van der Waals surface area contributed by atoms with E-state index in [4.69, 9.17) is 0 Å². The van der Waals surface area contributed by atoms with E-state index in [0.717, 1.165) is 16.9 Å². The minimum atomic E-state index is -1.18. The van der Waals surface area contributed by atoms with Crippen LogP contribution in [0.5, 0.6) is 0 Å². The zero-order valence-corrected chi connectivity index (χ0v) is 16.6. The number of hydrogen-bond acceptors (Lipinski definition) is 5. The van der Waals surface area contributed by atoms with Crippen molar-refractivity contribution in [3.63, 3.8) is 0 Å². The summed E-state index contributed by atoms with van der Waals surface area (Å²) in [5, 5.41) is 13.7. The Labute approximate surface area is 165 Å². The van der Waals surface area contributed by atoms with E-state index in [1.807, 2.05) is 51.1 Å². The first-order chi connectivity index (χ1) is 13.3. The molecule has 0 saturated carbocycles. The summed E-state index contributed by atoms with van der Waals surface area (Å²) >= 11 is 1.12. The van der Waals surface area contributed by atoms with Crippen molar-refractivity contribution in [1.29, 1.82) is 0 Å². The summed E-state index contributed by atoms with van der Waals surface area (Å²) in [6.07, 6.45) is 0. The first kappa shape index (κ1) is 19.8. The summed E-state index contributed by atoms with van der Waals surface area (Å²) in [6.45, 7) is 5.39. The zero-order valence-electron chi connectivity index (χ0n) is 15.8. The van der Waals surface area contributed by atoms with E-state index in [-0.39, 0.29) is 35.4 Å². The monoisotopic (exact) mass is 399 g/mol. The van der Waals surface area contributed by atoms with Crippen molar-refractivity contribution < 1.29 is 14.7 Å². The summed E-state index contributed by atoms with van der Waals surface area (Å²) in [5.41, 5.74) is 0.362. The van der Waals surface area contributed by atoms with E-state index in [1.54, 1.807) is 0 Å². The summed E-state index contributed by atoms with van der Waals surface area (Å²) in [7, 11) is 0. The lowest BCUT2D eigenvalue weighted by Gasteiger charge is -2.18. The molecule has 0 aliphatic heterocycles. The Hall–Kier alpha value is -3.00. The summed E-state index contributed by atoms with van der Waals surface area (Å²) < 4.78 is 1.28. The van der Waals surface area contributed by atoms with Crippen molar-refractivity contribution >= 4 is 33.4 Å². The smallest absolute Gasteiger partial charge is 0.337 e. The summed E-state index contributed by atoms with van der Waals surface area (Å²) in [6, 6.07) is 9.28. The van der Waals surface area contributed by atoms with Crippen molar-refractivity contribution in [2.24, 2.45) is 0 Å². The maximum Gasteiger partial charge on any atom is 0.337 e. The van der Waals surface area contributed by atoms with Gasteiger partial charge in [0, 0.05) is 11.3 Å². The van der Waals surface area contributed by atoms with E-state index < -0.39 is 11.5 Å². The third kappa shape index (κ3) is 3.82. The number of carbonyl (C=O) groups excluding carboxylic acids is 1. The average Bonchev–Trinajstić information content (AvgIpc) is 3.09. The number of aromatic carboxylic acids is 1. The average molecular weight is 399 g/mol. The van der Waals surface area contributed by atoms with E-state index >= 15 is 0 Å². The molecule has 0 saturated heterocycles. The fraction of sp³-hybridized carbons (Fsp3) is 0.300. The van der Waals surface area contributed by atoms with Gasteiger partial charge in [-0.1, -0.05) is 44.2 Å². The lowest BCUT2D eigenvalue weighted by molar-refractivity contribution is -0.122. The Kier molecular flexibility index (Phi) is 5.60. The van der Waals surface area contributed by atoms with Gasteiger partial charge in [0.1, 0.15) is 17.2 Å². The molecule has 2 N–H and O–H groups in total. The van der Waals surface area contributed by atoms with Crippen molar-refractivity contribution in [3.05, 3.63) is 63.0 Å². The largest absolute Gasteiger partial charge is 0.478 e. The molecular weight excluding hydrogens is 378 g/mol. The molecule has 1 unspecified atom stereocenters. The molecule has 0 spiro atoms. The molecule has 0 bridgehead atoms. The van der Waals surface area contributed by atoms with Crippen LogP contribution in [0.4, 0.5) is 0 Å². The van der Waals surface area contributed by atoms with Gasteiger partial charge in [0.2, 0.25) is 5.91 Å². The first-order valence-electron chi connectivity index (χ1n) is 8.89. The van der Waals surface area contributed by atoms with Crippen molar-refractivity contribution in [3.8, 4) is 0 Å². The number of carbonyl (C=O) groups is 2. The predicted molar refractivity (Wildman–Crippen MR) is 108 cm³/mol. The molecule has 3 aromatic rings. The van der Waals surface area contributed by atoms with Crippen LogP contribution in [-0.4, -0.2) is 26.5 Å². The van der Waals surface area contributed by atoms with Crippen LogP contribution >= 0.6 is 11.3 Å². The number of thiophene rings is 1. The zero-order chi connectivity index (χ0) is 20.4. The number of rotatable bonds is 6. The fourth-order valence-electron chi connectivity index (χ4n) is 3.05. The number of aromatic nitrogens is 2. The second-order valence-electron chi connectivity index (χ2n) is 6.85. The number of nitrogens with zero attached hydrogens (tertiary/aromatic N) is 2. The van der Waals surface area contributed by atoms with E-state index in [1.165, 1.54) is 9.95 Å². The Morgan fingerprint density at radius 3 is 2.50 bits per heavy atom. The maximum absolute atomic E-state index is 13.0. The predicted octanol–water partition coefficient (Wildman–Crippen LogP) is 3.16. The number of hydrogen-bond donors (Lipinski definition) is 2. The number of carboxylic acids is 1. The minimum Gasteiger partial charge on any atom is -0.478 e. The Bertz CT molecular complexity index is 1090. The summed E-state index contributed by atoms with van der Waals surface area (Å²) in [5.74, 6) is -1.17. The number of nitrogens with one attached hydrogen (secondary N) is 1. The number of amides is 1. The number of carboxylic acid groups (broad SMARTS) is 1. The Morgan fingerprint density at radius 1 is 1.21 bits per heavy atom. The molecule has 3 rings (SSSR count). The third-order valence-electron chi connectivity index (χ3n) is 4.45. The van der Waals surface area contributed by atoms with Gasteiger partial charge in [0.05, 0.1) is 17.0 Å². The van der Waals surface area contributed by atoms with Gasteiger partial charge >= 0.3 is 5.97 Å². The second kappa shape index (κ2) is 7.93. The molecule has 28 heavy (non-hydrogen) atoms. The first-order valence-corrected chi connectivity index (χ1v) is 9.77. The van der Waals surface area contributed by atoms with Gasteiger partial charge < -0.3 is 10.4 Å². The fourth-order valence-corrected chi connectivity index (χ4v) is 3.96. The SMILES string of the molecule is CC(C)c1nc2scc(C(=O)O)c2c(=O)n1CC(=O)NC(C)c1ccccc1. The van der Waals surface area contributed by atoms with Crippen LogP contribution in [0.15, 0.2) is 40.5 Å².